The fourth-order valence-corrected chi connectivity index (χ4v) is 3.09. The molecule has 3 nitrogen and oxygen atoms in total. The number of benzene rings is 2. The Bertz CT molecular complexity index is 721. The number of halogens is 3. The van der Waals surface area contributed by atoms with E-state index < -0.39 is 6.36 Å². The van der Waals surface area contributed by atoms with Crippen LogP contribution in [0.3, 0.4) is 0 Å². The zero-order chi connectivity index (χ0) is 19.1. The van der Waals surface area contributed by atoms with Gasteiger partial charge >= 0.3 is 6.36 Å². The lowest BCUT2D eigenvalue weighted by atomic mass is 10.2. The van der Waals surface area contributed by atoms with Crippen LogP contribution in [0, 0.1) is 0 Å². The molecule has 2 aromatic carbocycles. The fraction of sp³-hybridized carbons (Fsp3) is 0.333. The van der Waals surface area contributed by atoms with Gasteiger partial charge in [0.15, 0.2) is 0 Å². The molecule has 6 heteroatoms. The van der Waals surface area contributed by atoms with Crippen LogP contribution in [0.25, 0.3) is 6.08 Å². The molecule has 0 aromatic heterocycles. The molecule has 2 aromatic rings. The molecule has 0 aliphatic carbocycles. The molecule has 3 rings (SSSR count). The Labute approximate surface area is 157 Å². The second-order valence-electron chi connectivity index (χ2n) is 6.58. The summed E-state index contributed by atoms with van der Waals surface area (Å²) in [5.41, 5.74) is 2.19. The van der Waals surface area contributed by atoms with E-state index in [9.17, 15) is 13.2 Å². The number of alkyl halides is 3. The highest BCUT2D eigenvalue weighted by molar-refractivity contribution is 5.48. The van der Waals surface area contributed by atoms with Gasteiger partial charge < -0.3 is 4.74 Å². The predicted molar refractivity (Wildman–Crippen MR) is 100 cm³/mol. The Morgan fingerprint density at radius 3 is 2.11 bits per heavy atom. The summed E-state index contributed by atoms with van der Waals surface area (Å²) < 4.78 is 40.5. The SMILES string of the molecule is FC(F)(F)Oc1ccc(CN2CCN(C/C=C/c3ccccc3)CC2)cc1. The van der Waals surface area contributed by atoms with E-state index in [1.807, 2.05) is 18.2 Å². The Kier molecular flexibility index (Phi) is 6.53. The summed E-state index contributed by atoms with van der Waals surface area (Å²) in [5.74, 6) is -0.179. The molecule has 1 saturated heterocycles. The van der Waals surface area contributed by atoms with Gasteiger partial charge in [0, 0.05) is 39.3 Å². The van der Waals surface area contributed by atoms with Gasteiger partial charge in [-0.25, -0.2) is 0 Å². The van der Waals surface area contributed by atoms with Crippen molar-refractivity contribution in [2.24, 2.45) is 0 Å². The van der Waals surface area contributed by atoms with Crippen molar-refractivity contribution >= 4 is 6.08 Å². The van der Waals surface area contributed by atoms with E-state index in [4.69, 9.17) is 0 Å². The molecule has 0 spiro atoms. The maximum atomic E-state index is 12.2. The number of nitrogens with zero attached hydrogens (tertiary/aromatic N) is 2. The summed E-state index contributed by atoms with van der Waals surface area (Å²) >= 11 is 0. The molecular formula is C21H23F3N2O. The first-order valence-corrected chi connectivity index (χ1v) is 8.99. The molecular weight excluding hydrogens is 353 g/mol. The molecule has 0 radical (unpaired) electrons. The molecule has 0 saturated carbocycles. The number of ether oxygens (including phenoxy) is 1. The summed E-state index contributed by atoms with van der Waals surface area (Å²) in [6.45, 7) is 5.51. The number of rotatable bonds is 6. The average Bonchev–Trinajstić information content (AvgIpc) is 2.64. The number of hydrogen-bond donors (Lipinski definition) is 0. The van der Waals surface area contributed by atoms with Gasteiger partial charge in [0.1, 0.15) is 5.75 Å². The van der Waals surface area contributed by atoms with Gasteiger partial charge in [0.25, 0.3) is 0 Å². The maximum Gasteiger partial charge on any atom is 0.573 e. The summed E-state index contributed by atoms with van der Waals surface area (Å²) in [7, 11) is 0. The van der Waals surface area contributed by atoms with Crippen LogP contribution in [0.2, 0.25) is 0 Å². The minimum atomic E-state index is -4.65. The van der Waals surface area contributed by atoms with Crippen molar-refractivity contribution in [3.63, 3.8) is 0 Å². The maximum absolute atomic E-state index is 12.2. The standard InChI is InChI=1S/C21H23F3N2O/c22-21(23,24)27-20-10-8-19(9-11-20)17-26-15-13-25(14-16-26)12-4-7-18-5-2-1-3-6-18/h1-11H,12-17H2/b7-4+. The van der Waals surface area contributed by atoms with E-state index >= 15 is 0 Å². The zero-order valence-electron chi connectivity index (χ0n) is 15.0. The van der Waals surface area contributed by atoms with Crippen molar-refractivity contribution in [2.75, 3.05) is 32.7 Å². The van der Waals surface area contributed by atoms with Gasteiger partial charge in [0.2, 0.25) is 0 Å². The summed E-state index contributed by atoms with van der Waals surface area (Å²) in [4.78, 5) is 4.72. The first kappa shape index (κ1) is 19.5. The lowest BCUT2D eigenvalue weighted by Crippen LogP contribution is -2.45. The predicted octanol–water partition coefficient (Wildman–Crippen LogP) is 4.42. The second kappa shape index (κ2) is 9.06. The van der Waals surface area contributed by atoms with Crippen LogP contribution in [-0.2, 0) is 6.54 Å². The van der Waals surface area contributed by atoms with Crippen LogP contribution < -0.4 is 4.74 Å². The molecule has 0 atom stereocenters. The minimum Gasteiger partial charge on any atom is -0.406 e. The lowest BCUT2D eigenvalue weighted by molar-refractivity contribution is -0.274. The number of hydrogen-bond acceptors (Lipinski definition) is 3. The third-order valence-corrected chi connectivity index (χ3v) is 4.50. The van der Waals surface area contributed by atoms with Crippen molar-refractivity contribution in [2.45, 2.75) is 12.9 Å². The highest BCUT2D eigenvalue weighted by Gasteiger charge is 2.31. The normalized spacial score (nSPS) is 16.7. The quantitative estimate of drug-likeness (QED) is 0.742. The first-order chi connectivity index (χ1) is 13.0. The van der Waals surface area contributed by atoms with Gasteiger partial charge in [-0.15, -0.1) is 13.2 Å². The monoisotopic (exact) mass is 376 g/mol. The van der Waals surface area contributed by atoms with E-state index in [2.05, 4.69) is 38.8 Å². The Morgan fingerprint density at radius 1 is 0.852 bits per heavy atom. The Morgan fingerprint density at radius 2 is 1.48 bits per heavy atom. The smallest absolute Gasteiger partial charge is 0.406 e. The summed E-state index contributed by atoms with van der Waals surface area (Å²) in [5, 5.41) is 0. The van der Waals surface area contributed by atoms with E-state index in [1.54, 1.807) is 12.1 Å². The van der Waals surface area contributed by atoms with Gasteiger partial charge in [-0.1, -0.05) is 54.6 Å². The van der Waals surface area contributed by atoms with Crippen molar-refractivity contribution in [3.8, 4) is 5.75 Å². The molecule has 144 valence electrons. The van der Waals surface area contributed by atoms with Crippen molar-refractivity contribution in [1.82, 2.24) is 9.80 Å². The molecule has 1 heterocycles. The minimum absolute atomic E-state index is 0.179. The van der Waals surface area contributed by atoms with Crippen molar-refractivity contribution in [1.29, 1.82) is 0 Å². The van der Waals surface area contributed by atoms with Crippen molar-refractivity contribution < 1.29 is 17.9 Å². The fourth-order valence-electron chi connectivity index (χ4n) is 3.09. The second-order valence-corrected chi connectivity index (χ2v) is 6.58. The van der Waals surface area contributed by atoms with E-state index in [1.165, 1.54) is 17.7 Å². The average molecular weight is 376 g/mol. The largest absolute Gasteiger partial charge is 0.573 e. The molecule has 0 N–H and O–H groups in total. The molecule has 0 amide bonds. The number of piperazine rings is 1. The van der Waals surface area contributed by atoms with E-state index in [-0.39, 0.29) is 5.75 Å². The Balaban J connectivity index is 1.41. The molecule has 0 bridgehead atoms. The topological polar surface area (TPSA) is 15.7 Å². The van der Waals surface area contributed by atoms with Gasteiger partial charge in [-0.3, -0.25) is 9.80 Å². The third kappa shape index (κ3) is 6.73. The van der Waals surface area contributed by atoms with E-state index in [0.29, 0.717) is 0 Å². The Hall–Kier alpha value is -2.31. The molecule has 1 aliphatic heterocycles. The molecule has 27 heavy (non-hydrogen) atoms. The van der Waals surface area contributed by atoms with Crippen LogP contribution in [-0.4, -0.2) is 48.9 Å². The first-order valence-electron chi connectivity index (χ1n) is 8.99. The zero-order valence-corrected chi connectivity index (χ0v) is 15.0. The summed E-state index contributed by atoms with van der Waals surface area (Å²) in [6.07, 6.45) is -0.325. The third-order valence-electron chi connectivity index (χ3n) is 4.50. The van der Waals surface area contributed by atoms with Crippen LogP contribution in [0.15, 0.2) is 60.7 Å². The van der Waals surface area contributed by atoms with Gasteiger partial charge in [-0.05, 0) is 23.3 Å². The van der Waals surface area contributed by atoms with Crippen LogP contribution in [0.1, 0.15) is 11.1 Å². The molecule has 1 fully saturated rings. The van der Waals surface area contributed by atoms with Crippen molar-refractivity contribution in [3.05, 3.63) is 71.8 Å². The van der Waals surface area contributed by atoms with Crippen LogP contribution in [0.4, 0.5) is 13.2 Å². The van der Waals surface area contributed by atoms with Gasteiger partial charge in [-0.2, -0.15) is 0 Å². The molecule has 0 unspecified atom stereocenters. The lowest BCUT2D eigenvalue weighted by Gasteiger charge is -2.34. The van der Waals surface area contributed by atoms with Crippen LogP contribution in [0.5, 0.6) is 5.75 Å². The highest BCUT2D eigenvalue weighted by Crippen LogP contribution is 2.23. The highest BCUT2D eigenvalue weighted by atomic mass is 19.4. The van der Waals surface area contributed by atoms with Crippen LogP contribution >= 0.6 is 0 Å². The summed E-state index contributed by atoms with van der Waals surface area (Å²) in [6, 6.07) is 16.3. The van der Waals surface area contributed by atoms with E-state index in [0.717, 1.165) is 44.8 Å². The molecule has 1 aliphatic rings. The van der Waals surface area contributed by atoms with Gasteiger partial charge in [0.05, 0.1) is 0 Å².